The predicted octanol–water partition coefficient (Wildman–Crippen LogP) is 1.95. The van der Waals surface area contributed by atoms with Crippen LogP contribution >= 0.6 is 0 Å². The van der Waals surface area contributed by atoms with Crippen molar-refractivity contribution < 1.29 is 19.4 Å². The van der Waals surface area contributed by atoms with Gasteiger partial charge in [-0.1, -0.05) is 12.1 Å². The van der Waals surface area contributed by atoms with E-state index in [4.69, 9.17) is 9.84 Å². The minimum atomic E-state index is -0.809. The lowest BCUT2D eigenvalue weighted by molar-refractivity contribution is -0.141. The third-order valence-corrected chi connectivity index (χ3v) is 3.75. The van der Waals surface area contributed by atoms with Gasteiger partial charge in [0.2, 0.25) is 5.91 Å². The molecule has 1 heterocycles. The summed E-state index contributed by atoms with van der Waals surface area (Å²) in [5.41, 5.74) is 1.08. The highest BCUT2D eigenvalue weighted by atomic mass is 16.5. The summed E-state index contributed by atoms with van der Waals surface area (Å²) in [5.74, 6) is -0.347. The Morgan fingerprint density at radius 3 is 2.62 bits per heavy atom. The number of aryl methyl sites for hydroxylation is 1. The van der Waals surface area contributed by atoms with E-state index in [0.717, 1.165) is 11.3 Å². The van der Waals surface area contributed by atoms with Gasteiger partial charge in [0.1, 0.15) is 5.75 Å². The van der Waals surface area contributed by atoms with Crippen molar-refractivity contribution in [3.05, 3.63) is 29.8 Å². The van der Waals surface area contributed by atoms with Crippen LogP contribution in [-0.4, -0.2) is 41.6 Å². The van der Waals surface area contributed by atoms with Crippen LogP contribution in [0.3, 0.4) is 0 Å². The number of benzene rings is 1. The van der Waals surface area contributed by atoms with Crippen LogP contribution in [0.5, 0.6) is 5.75 Å². The van der Waals surface area contributed by atoms with Crippen LogP contribution in [0.25, 0.3) is 0 Å². The molecule has 5 nitrogen and oxygen atoms in total. The number of carboxylic acid groups (broad SMARTS) is 1. The van der Waals surface area contributed by atoms with Crippen LogP contribution < -0.4 is 4.74 Å². The zero-order valence-corrected chi connectivity index (χ0v) is 12.2. The number of nitrogens with zero attached hydrogens (tertiary/aromatic N) is 1. The topological polar surface area (TPSA) is 66.8 Å². The van der Waals surface area contributed by atoms with Gasteiger partial charge >= 0.3 is 5.97 Å². The van der Waals surface area contributed by atoms with Crippen molar-refractivity contribution in [1.82, 2.24) is 4.90 Å². The maximum atomic E-state index is 12.1. The monoisotopic (exact) mass is 291 g/mol. The Kier molecular flexibility index (Phi) is 5.20. The molecule has 0 spiro atoms. The Morgan fingerprint density at radius 2 is 2.05 bits per heavy atom. The smallest absolute Gasteiger partial charge is 0.308 e. The van der Waals surface area contributed by atoms with Gasteiger partial charge in [-0.05, 0) is 37.5 Å². The number of carbonyl (C=O) groups excluding carboxylic acids is 1. The minimum Gasteiger partial charge on any atom is -0.494 e. The van der Waals surface area contributed by atoms with Gasteiger partial charge in [-0.15, -0.1) is 0 Å². The van der Waals surface area contributed by atoms with E-state index >= 15 is 0 Å². The fourth-order valence-corrected chi connectivity index (χ4v) is 2.52. The molecule has 1 saturated heterocycles. The number of aliphatic carboxylic acids is 1. The molecule has 21 heavy (non-hydrogen) atoms. The standard InChI is InChI=1S/C16H21NO4/c1-2-21-14-6-3-12(4-7-14)5-8-15(18)17-10-9-13(11-17)16(19)20/h3-4,6-7,13H,2,5,8-11H2,1H3,(H,19,20)/t13-/m0/s1. The van der Waals surface area contributed by atoms with Crippen LogP contribution in [0.15, 0.2) is 24.3 Å². The largest absolute Gasteiger partial charge is 0.494 e. The molecule has 1 amide bonds. The average molecular weight is 291 g/mol. The van der Waals surface area contributed by atoms with Crippen molar-refractivity contribution in [2.24, 2.45) is 5.92 Å². The summed E-state index contributed by atoms with van der Waals surface area (Å²) in [5, 5.41) is 8.94. The molecule has 1 aliphatic rings. The van der Waals surface area contributed by atoms with Crippen LogP contribution in [0, 0.1) is 5.92 Å². The number of ether oxygens (including phenoxy) is 1. The van der Waals surface area contributed by atoms with Gasteiger partial charge in [-0.25, -0.2) is 0 Å². The van der Waals surface area contributed by atoms with Gasteiger partial charge in [-0.3, -0.25) is 9.59 Å². The molecule has 0 unspecified atom stereocenters. The second-order valence-electron chi connectivity index (χ2n) is 5.24. The molecule has 0 radical (unpaired) electrons. The average Bonchev–Trinajstić information content (AvgIpc) is 2.97. The fraction of sp³-hybridized carbons (Fsp3) is 0.500. The van der Waals surface area contributed by atoms with Crippen molar-refractivity contribution in [3.63, 3.8) is 0 Å². The zero-order chi connectivity index (χ0) is 15.2. The maximum absolute atomic E-state index is 12.1. The summed E-state index contributed by atoms with van der Waals surface area (Å²) in [4.78, 5) is 24.6. The Hall–Kier alpha value is -2.04. The summed E-state index contributed by atoms with van der Waals surface area (Å²) in [6.07, 6.45) is 1.64. The Labute approximate surface area is 124 Å². The molecule has 1 aliphatic heterocycles. The molecule has 1 aromatic carbocycles. The van der Waals surface area contributed by atoms with Crippen molar-refractivity contribution in [2.45, 2.75) is 26.2 Å². The first-order valence-corrected chi connectivity index (χ1v) is 7.32. The number of amides is 1. The fourth-order valence-electron chi connectivity index (χ4n) is 2.52. The lowest BCUT2D eigenvalue weighted by Crippen LogP contribution is -2.30. The molecule has 5 heteroatoms. The van der Waals surface area contributed by atoms with Crippen molar-refractivity contribution in [1.29, 1.82) is 0 Å². The van der Waals surface area contributed by atoms with E-state index in [2.05, 4.69) is 0 Å². The van der Waals surface area contributed by atoms with E-state index in [1.54, 1.807) is 4.90 Å². The summed E-state index contributed by atoms with van der Waals surface area (Å²) >= 11 is 0. The molecule has 0 aliphatic carbocycles. The third kappa shape index (κ3) is 4.21. The number of likely N-dealkylation sites (tertiary alicyclic amines) is 1. The summed E-state index contributed by atoms with van der Waals surface area (Å²) in [6, 6.07) is 7.73. The number of carboxylic acids is 1. The van der Waals surface area contributed by atoms with Crippen molar-refractivity contribution in [3.8, 4) is 5.75 Å². The van der Waals surface area contributed by atoms with Gasteiger partial charge in [0.05, 0.1) is 12.5 Å². The molecule has 2 rings (SSSR count). The zero-order valence-electron chi connectivity index (χ0n) is 12.2. The SMILES string of the molecule is CCOc1ccc(CCC(=O)N2CC[C@H](C(=O)O)C2)cc1. The number of rotatable bonds is 6. The van der Waals surface area contributed by atoms with Crippen LogP contribution in [-0.2, 0) is 16.0 Å². The van der Waals surface area contributed by atoms with E-state index in [9.17, 15) is 9.59 Å². The van der Waals surface area contributed by atoms with Crippen molar-refractivity contribution in [2.75, 3.05) is 19.7 Å². The van der Waals surface area contributed by atoms with E-state index in [-0.39, 0.29) is 5.91 Å². The molecule has 0 aromatic heterocycles. The molecule has 1 N–H and O–H groups in total. The molecule has 1 fully saturated rings. The number of hydrogen-bond donors (Lipinski definition) is 1. The molecular formula is C16H21NO4. The molecule has 0 saturated carbocycles. The highest BCUT2D eigenvalue weighted by Gasteiger charge is 2.30. The van der Waals surface area contributed by atoms with Gasteiger partial charge in [0.15, 0.2) is 0 Å². The third-order valence-electron chi connectivity index (χ3n) is 3.75. The Morgan fingerprint density at radius 1 is 1.33 bits per heavy atom. The Balaban J connectivity index is 1.80. The number of hydrogen-bond acceptors (Lipinski definition) is 3. The first-order valence-electron chi connectivity index (χ1n) is 7.32. The second kappa shape index (κ2) is 7.11. The molecular weight excluding hydrogens is 270 g/mol. The van der Waals surface area contributed by atoms with Crippen LogP contribution in [0.4, 0.5) is 0 Å². The minimum absolute atomic E-state index is 0.0348. The van der Waals surface area contributed by atoms with Crippen molar-refractivity contribution >= 4 is 11.9 Å². The summed E-state index contributed by atoms with van der Waals surface area (Å²) in [6.45, 7) is 3.47. The number of carbonyl (C=O) groups is 2. The van der Waals surface area contributed by atoms with E-state index < -0.39 is 11.9 Å². The molecule has 1 aromatic rings. The summed E-state index contributed by atoms with van der Waals surface area (Å²) < 4.78 is 5.37. The van der Waals surface area contributed by atoms with E-state index in [0.29, 0.717) is 39.0 Å². The molecule has 0 bridgehead atoms. The normalized spacial score (nSPS) is 17.8. The Bertz CT molecular complexity index is 498. The summed E-state index contributed by atoms with van der Waals surface area (Å²) in [7, 11) is 0. The second-order valence-corrected chi connectivity index (χ2v) is 5.24. The predicted molar refractivity (Wildman–Crippen MR) is 78.3 cm³/mol. The van der Waals surface area contributed by atoms with Crippen LogP contribution in [0.2, 0.25) is 0 Å². The van der Waals surface area contributed by atoms with Crippen LogP contribution in [0.1, 0.15) is 25.3 Å². The van der Waals surface area contributed by atoms with Gasteiger partial charge in [-0.2, -0.15) is 0 Å². The first-order chi connectivity index (χ1) is 10.1. The lowest BCUT2D eigenvalue weighted by Gasteiger charge is -2.15. The maximum Gasteiger partial charge on any atom is 0.308 e. The van der Waals surface area contributed by atoms with E-state index in [1.807, 2.05) is 31.2 Å². The van der Waals surface area contributed by atoms with Gasteiger partial charge < -0.3 is 14.7 Å². The van der Waals surface area contributed by atoms with Gasteiger partial charge in [0, 0.05) is 19.5 Å². The highest BCUT2D eigenvalue weighted by Crippen LogP contribution is 2.18. The quantitative estimate of drug-likeness (QED) is 0.870. The van der Waals surface area contributed by atoms with Gasteiger partial charge in [0.25, 0.3) is 0 Å². The molecule has 114 valence electrons. The molecule has 1 atom stereocenters. The van der Waals surface area contributed by atoms with E-state index in [1.165, 1.54) is 0 Å². The highest BCUT2D eigenvalue weighted by molar-refractivity contribution is 5.78. The first kappa shape index (κ1) is 15.4. The lowest BCUT2D eigenvalue weighted by atomic mass is 10.1.